The lowest BCUT2D eigenvalue weighted by molar-refractivity contribution is 0.100. The minimum absolute atomic E-state index is 0.0820. The molecule has 2 heterocycles. The molecule has 8 heteroatoms. The minimum atomic E-state index is -3.08. The van der Waals surface area contributed by atoms with Crippen LogP contribution in [0.5, 0.6) is 0 Å². The molecule has 0 aliphatic carbocycles. The average molecular weight is 416 g/mol. The number of amidine groups is 1. The van der Waals surface area contributed by atoms with Crippen molar-refractivity contribution in [1.82, 2.24) is 0 Å². The number of rotatable bonds is 3. The lowest BCUT2D eigenvalue weighted by atomic mass is 10.2. The Labute approximate surface area is 169 Å². The normalized spacial score (nSPS) is 24.4. The zero-order valence-electron chi connectivity index (χ0n) is 15.6. The van der Waals surface area contributed by atoms with Gasteiger partial charge in [-0.15, -0.1) is 0 Å². The fourth-order valence-corrected chi connectivity index (χ4v) is 7.42. The van der Waals surface area contributed by atoms with Crippen LogP contribution in [0.2, 0.25) is 0 Å². The van der Waals surface area contributed by atoms with Crippen LogP contribution < -0.4 is 9.80 Å². The van der Waals surface area contributed by atoms with Crippen molar-refractivity contribution < 1.29 is 13.2 Å². The van der Waals surface area contributed by atoms with E-state index in [0.29, 0.717) is 10.7 Å². The van der Waals surface area contributed by atoms with Crippen molar-refractivity contribution in [3.63, 3.8) is 0 Å². The second kappa shape index (κ2) is 7.25. The summed E-state index contributed by atoms with van der Waals surface area (Å²) in [7, 11) is 0.845. The van der Waals surface area contributed by atoms with Gasteiger partial charge >= 0.3 is 0 Å². The Morgan fingerprint density at radius 1 is 1.07 bits per heavy atom. The van der Waals surface area contributed by atoms with E-state index in [4.69, 9.17) is 0 Å². The SMILES string of the molecule is CN(C)c1ccc(N2C(=NC(=O)c3ccccc3)SC3CS(=O)(=O)CC32)cc1. The van der Waals surface area contributed by atoms with E-state index in [2.05, 4.69) is 4.99 Å². The zero-order chi connectivity index (χ0) is 19.9. The molecule has 28 heavy (non-hydrogen) atoms. The summed E-state index contributed by atoms with van der Waals surface area (Å²) in [5.74, 6) is -0.118. The Balaban J connectivity index is 1.71. The highest BCUT2D eigenvalue weighted by atomic mass is 32.2. The van der Waals surface area contributed by atoms with Crippen molar-refractivity contribution in [3.05, 3.63) is 60.2 Å². The van der Waals surface area contributed by atoms with E-state index >= 15 is 0 Å². The maximum Gasteiger partial charge on any atom is 0.279 e. The van der Waals surface area contributed by atoms with Gasteiger partial charge < -0.3 is 9.80 Å². The molecule has 0 bridgehead atoms. The summed E-state index contributed by atoms with van der Waals surface area (Å²) in [5.41, 5.74) is 2.41. The van der Waals surface area contributed by atoms with E-state index in [9.17, 15) is 13.2 Å². The Morgan fingerprint density at radius 2 is 1.75 bits per heavy atom. The molecule has 0 spiro atoms. The topological polar surface area (TPSA) is 70.0 Å². The number of sulfone groups is 1. The van der Waals surface area contributed by atoms with Crippen molar-refractivity contribution >= 4 is 44.0 Å². The number of benzene rings is 2. The summed E-state index contributed by atoms with van der Waals surface area (Å²) in [6.45, 7) is 0. The van der Waals surface area contributed by atoms with Crippen molar-refractivity contribution in [2.75, 3.05) is 35.4 Å². The van der Waals surface area contributed by atoms with Gasteiger partial charge in [-0.2, -0.15) is 4.99 Å². The molecule has 0 radical (unpaired) electrons. The van der Waals surface area contributed by atoms with Gasteiger partial charge in [-0.3, -0.25) is 4.79 Å². The van der Waals surface area contributed by atoms with Crippen LogP contribution in [0.25, 0.3) is 0 Å². The highest BCUT2D eigenvalue weighted by molar-refractivity contribution is 8.16. The third-order valence-corrected chi connectivity index (χ3v) is 8.14. The molecule has 2 aliphatic rings. The number of amides is 1. The number of carbonyl (C=O) groups excluding carboxylic acids is 1. The summed E-state index contributed by atoms with van der Waals surface area (Å²) in [6, 6.07) is 16.6. The van der Waals surface area contributed by atoms with Crippen LogP contribution in [0, 0.1) is 0 Å². The third-order valence-electron chi connectivity index (χ3n) is 4.93. The Morgan fingerprint density at radius 3 is 2.39 bits per heavy atom. The van der Waals surface area contributed by atoms with Gasteiger partial charge in [0.1, 0.15) is 0 Å². The molecule has 2 aromatic rings. The largest absolute Gasteiger partial charge is 0.378 e. The number of aliphatic imine (C=N–C) groups is 1. The molecule has 0 saturated carbocycles. The first-order valence-corrected chi connectivity index (χ1v) is 11.7. The summed E-state index contributed by atoms with van der Waals surface area (Å²) < 4.78 is 24.3. The van der Waals surface area contributed by atoms with Crippen LogP contribution in [0.1, 0.15) is 10.4 Å². The Bertz CT molecular complexity index is 1020. The molecule has 2 aromatic carbocycles. The Hall–Kier alpha value is -2.32. The van der Waals surface area contributed by atoms with E-state index in [-0.39, 0.29) is 28.7 Å². The van der Waals surface area contributed by atoms with Crippen LogP contribution in [0.3, 0.4) is 0 Å². The third kappa shape index (κ3) is 3.66. The number of carbonyl (C=O) groups is 1. The predicted molar refractivity (Wildman–Crippen MR) is 115 cm³/mol. The van der Waals surface area contributed by atoms with E-state index in [1.165, 1.54) is 11.8 Å². The maximum absolute atomic E-state index is 12.6. The number of fused-ring (bicyclic) bond motifs is 1. The smallest absolute Gasteiger partial charge is 0.279 e. The molecule has 6 nitrogen and oxygen atoms in total. The molecule has 2 unspecified atom stereocenters. The van der Waals surface area contributed by atoms with E-state index in [1.807, 2.05) is 54.2 Å². The standard InChI is InChI=1S/C20H21N3O3S2/c1-22(2)15-8-10-16(11-9-15)23-17-12-28(25,26)13-18(17)27-20(23)21-19(24)14-6-4-3-5-7-14/h3-11,17-18H,12-13H2,1-2H3. The van der Waals surface area contributed by atoms with Crippen molar-refractivity contribution in [3.8, 4) is 0 Å². The number of thioether (sulfide) groups is 1. The van der Waals surface area contributed by atoms with Crippen LogP contribution in [0.15, 0.2) is 59.6 Å². The van der Waals surface area contributed by atoms with Gasteiger partial charge in [0.15, 0.2) is 15.0 Å². The molecular weight excluding hydrogens is 394 g/mol. The first-order chi connectivity index (χ1) is 13.3. The van der Waals surface area contributed by atoms with E-state index in [0.717, 1.165) is 11.4 Å². The molecule has 2 atom stereocenters. The molecule has 2 aliphatic heterocycles. The monoisotopic (exact) mass is 415 g/mol. The van der Waals surface area contributed by atoms with Crippen molar-refractivity contribution in [2.24, 2.45) is 4.99 Å². The molecule has 2 fully saturated rings. The van der Waals surface area contributed by atoms with Gasteiger partial charge in [-0.1, -0.05) is 30.0 Å². The summed E-state index contributed by atoms with van der Waals surface area (Å²) >= 11 is 1.39. The van der Waals surface area contributed by atoms with E-state index in [1.54, 1.807) is 24.3 Å². The number of nitrogens with zero attached hydrogens (tertiary/aromatic N) is 3. The lowest BCUT2D eigenvalue weighted by Gasteiger charge is -2.25. The molecule has 0 aromatic heterocycles. The van der Waals surface area contributed by atoms with Crippen LogP contribution in [0.4, 0.5) is 11.4 Å². The summed E-state index contributed by atoms with van der Waals surface area (Å²) in [4.78, 5) is 20.9. The van der Waals surface area contributed by atoms with Crippen LogP contribution in [-0.4, -0.2) is 56.4 Å². The highest BCUT2D eigenvalue weighted by Crippen LogP contribution is 2.41. The molecule has 2 saturated heterocycles. The molecule has 0 N–H and O–H groups in total. The summed E-state index contributed by atoms with van der Waals surface area (Å²) in [5, 5.41) is 0.456. The number of hydrogen-bond donors (Lipinski definition) is 0. The zero-order valence-corrected chi connectivity index (χ0v) is 17.3. The van der Waals surface area contributed by atoms with Gasteiger partial charge in [0, 0.05) is 36.3 Å². The second-order valence-electron chi connectivity index (χ2n) is 7.15. The second-order valence-corrected chi connectivity index (χ2v) is 10.5. The fourth-order valence-electron chi connectivity index (χ4n) is 3.51. The minimum Gasteiger partial charge on any atom is -0.378 e. The molecular formula is C20H21N3O3S2. The summed E-state index contributed by atoms with van der Waals surface area (Å²) in [6.07, 6.45) is 0. The number of hydrogen-bond acceptors (Lipinski definition) is 5. The van der Waals surface area contributed by atoms with Gasteiger partial charge in [-0.05, 0) is 36.4 Å². The highest BCUT2D eigenvalue weighted by Gasteiger charge is 2.49. The maximum atomic E-state index is 12.6. The van der Waals surface area contributed by atoms with Crippen molar-refractivity contribution in [1.29, 1.82) is 0 Å². The molecule has 1 amide bonds. The Kier molecular flexibility index (Phi) is 4.93. The van der Waals surface area contributed by atoms with Crippen LogP contribution >= 0.6 is 11.8 Å². The molecule has 146 valence electrons. The van der Waals surface area contributed by atoms with Crippen molar-refractivity contribution in [2.45, 2.75) is 11.3 Å². The van der Waals surface area contributed by atoms with E-state index < -0.39 is 9.84 Å². The average Bonchev–Trinajstić information content (AvgIpc) is 3.13. The van der Waals surface area contributed by atoms with Gasteiger partial charge in [0.2, 0.25) is 0 Å². The van der Waals surface area contributed by atoms with Gasteiger partial charge in [0.05, 0.1) is 17.5 Å². The fraction of sp³-hybridized carbons (Fsp3) is 0.300. The first kappa shape index (κ1) is 19.0. The quantitative estimate of drug-likeness (QED) is 0.768. The van der Waals surface area contributed by atoms with Crippen LogP contribution in [-0.2, 0) is 9.84 Å². The van der Waals surface area contributed by atoms with Gasteiger partial charge in [0.25, 0.3) is 5.91 Å². The lowest BCUT2D eigenvalue weighted by Crippen LogP contribution is -2.37. The molecule has 4 rings (SSSR count). The predicted octanol–water partition coefficient (Wildman–Crippen LogP) is 2.67. The number of anilines is 2. The van der Waals surface area contributed by atoms with Gasteiger partial charge in [-0.25, -0.2) is 8.42 Å². The first-order valence-electron chi connectivity index (χ1n) is 8.96.